The minimum Gasteiger partial charge on any atom is -0.325 e. The van der Waals surface area contributed by atoms with Crippen LogP contribution in [0, 0.1) is 11.3 Å². The van der Waals surface area contributed by atoms with E-state index in [1.54, 1.807) is 35.6 Å². The number of thiazole rings is 1. The molecule has 1 fully saturated rings. The number of rotatable bonds is 4. The summed E-state index contributed by atoms with van der Waals surface area (Å²) in [5.74, 6) is -0.0391. The van der Waals surface area contributed by atoms with Crippen molar-refractivity contribution in [2.45, 2.75) is 18.9 Å². The van der Waals surface area contributed by atoms with Crippen molar-refractivity contribution in [2.24, 2.45) is 0 Å². The van der Waals surface area contributed by atoms with Gasteiger partial charge in [0.15, 0.2) is 0 Å². The Labute approximate surface area is 155 Å². The van der Waals surface area contributed by atoms with E-state index in [4.69, 9.17) is 10.2 Å². The molecule has 2 aromatic carbocycles. The van der Waals surface area contributed by atoms with Gasteiger partial charge in [0.25, 0.3) is 0 Å². The van der Waals surface area contributed by atoms with Gasteiger partial charge in [0, 0.05) is 5.69 Å². The van der Waals surface area contributed by atoms with Crippen molar-refractivity contribution >= 4 is 33.1 Å². The highest BCUT2D eigenvalue weighted by Gasteiger charge is 2.30. The number of benzene rings is 2. The lowest BCUT2D eigenvalue weighted by molar-refractivity contribution is -0.117. The summed E-state index contributed by atoms with van der Waals surface area (Å²) < 4.78 is 1.19. The smallest absolute Gasteiger partial charge is 0.238 e. The fourth-order valence-electron chi connectivity index (χ4n) is 3.34. The van der Waals surface area contributed by atoms with E-state index < -0.39 is 0 Å². The third kappa shape index (κ3) is 3.45. The van der Waals surface area contributed by atoms with E-state index >= 15 is 0 Å². The zero-order valence-corrected chi connectivity index (χ0v) is 15.0. The number of fused-ring (bicyclic) bond motifs is 1. The predicted octanol–water partition coefficient (Wildman–Crippen LogP) is 3.94. The predicted molar refractivity (Wildman–Crippen MR) is 103 cm³/mol. The van der Waals surface area contributed by atoms with Crippen LogP contribution in [0.1, 0.15) is 29.5 Å². The fraction of sp³-hybridized carbons (Fsp3) is 0.250. The molecule has 3 aromatic rings. The van der Waals surface area contributed by atoms with Gasteiger partial charge >= 0.3 is 0 Å². The number of aromatic nitrogens is 1. The van der Waals surface area contributed by atoms with E-state index in [1.807, 2.05) is 18.2 Å². The number of carbonyl (C=O) groups excluding carboxylic acids is 1. The number of amides is 1. The van der Waals surface area contributed by atoms with Crippen LogP contribution in [0.15, 0.2) is 48.5 Å². The van der Waals surface area contributed by atoms with Crippen LogP contribution in [-0.2, 0) is 4.79 Å². The highest BCUT2D eigenvalue weighted by Crippen LogP contribution is 2.36. The topological polar surface area (TPSA) is 69.0 Å². The Hall–Kier alpha value is -2.75. The molecular formula is C20H18N4OS. The first-order valence-electron chi connectivity index (χ1n) is 8.62. The molecule has 1 saturated heterocycles. The average molecular weight is 362 g/mol. The van der Waals surface area contributed by atoms with Crippen molar-refractivity contribution in [1.82, 2.24) is 9.88 Å². The molecule has 1 amide bonds. The Bertz CT molecular complexity index is 940. The first kappa shape index (κ1) is 16.7. The van der Waals surface area contributed by atoms with E-state index in [2.05, 4.69) is 22.4 Å². The molecule has 26 heavy (non-hydrogen) atoms. The van der Waals surface area contributed by atoms with Crippen LogP contribution in [0.3, 0.4) is 0 Å². The Morgan fingerprint density at radius 1 is 1.27 bits per heavy atom. The van der Waals surface area contributed by atoms with Crippen molar-refractivity contribution < 1.29 is 4.79 Å². The van der Waals surface area contributed by atoms with Crippen LogP contribution in [0.4, 0.5) is 5.69 Å². The molecule has 1 aromatic heterocycles. The van der Waals surface area contributed by atoms with Gasteiger partial charge in [0.2, 0.25) is 5.91 Å². The lowest BCUT2D eigenvalue weighted by atomic mass is 10.2. The van der Waals surface area contributed by atoms with E-state index in [1.165, 1.54) is 4.70 Å². The Morgan fingerprint density at radius 3 is 2.85 bits per heavy atom. The Kier molecular flexibility index (Phi) is 4.65. The molecule has 0 spiro atoms. The number of nitrogens with one attached hydrogen (secondary N) is 1. The third-order valence-corrected chi connectivity index (χ3v) is 5.74. The van der Waals surface area contributed by atoms with E-state index in [0.29, 0.717) is 17.8 Å². The van der Waals surface area contributed by atoms with E-state index in [0.717, 1.165) is 29.9 Å². The van der Waals surface area contributed by atoms with Crippen LogP contribution in [0.5, 0.6) is 0 Å². The summed E-state index contributed by atoms with van der Waals surface area (Å²) in [6, 6.07) is 17.4. The molecule has 0 radical (unpaired) electrons. The molecule has 0 saturated carbocycles. The monoisotopic (exact) mass is 362 g/mol. The third-order valence-electron chi connectivity index (χ3n) is 4.60. The molecule has 1 unspecified atom stereocenters. The number of hydrogen-bond donors (Lipinski definition) is 1. The number of nitrogens with zero attached hydrogens (tertiary/aromatic N) is 3. The minimum atomic E-state index is -0.0391. The number of hydrogen-bond acceptors (Lipinski definition) is 5. The maximum absolute atomic E-state index is 12.4. The summed E-state index contributed by atoms with van der Waals surface area (Å²) in [4.78, 5) is 19.4. The first-order chi connectivity index (χ1) is 12.7. The normalized spacial score (nSPS) is 17.3. The number of nitriles is 1. The maximum atomic E-state index is 12.4. The highest BCUT2D eigenvalue weighted by molar-refractivity contribution is 7.18. The van der Waals surface area contributed by atoms with Crippen molar-refractivity contribution in [3.8, 4) is 6.07 Å². The minimum absolute atomic E-state index is 0.0391. The molecule has 6 heteroatoms. The van der Waals surface area contributed by atoms with Crippen LogP contribution < -0.4 is 5.32 Å². The number of anilines is 1. The molecule has 130 valence electrons. The molecular weight excluding hydrogens is 344 g/mol. The van der Waals surface area contributed by atoms with Gasteiger partial charge in [-0.05, 0) is 55.8 Å². The maximum Gasteiger partial charge on any atom is 0.238 e. The number of likely N-dealkylation sites (tertiary alicyclic amines) is 1. The molecule has 1 aliphatic rings. The molecule has 0 bridgehead atoms. The quantitative estimate of drug-likeness (QED) is 0.763. The van der Waals surface area contributed by atoms with Crippen molar-refractivity contribution in [3.05, 3.63) is 59.1 Å². The molecule has 5 nitrogen and oxygen atoms in total. The molecule has 1 atom stereocenters. The van der Waals surface area contributed by atoms with Gasteiger partial charge in [-0.25, -0.2) is 4.98 Å². The van der Waals surface area contributed by atoms with Gasteiger partial charge in [0.1, 0.15) is 5.01 Å². The Morgan fingerprint density at radius 2 is 2.08 bits per heavy atom. The summed E-state index contributed by atoms with van der Waals surface area (Å²) >= 11 is 1.72. The highest BCUT2D eigenvalue weighted by atomic mass is 32.1. The van der Waals surface area contributed by atoms with Crippen LogP contribution >= 0.6 is 11.3 Å². The first-order valence-corrected chi connectivity index (χ1v) is 9.44. The van der Waals surface area contributed by atoms with Crippen LogP contribution in [-0.4, -0.2) is 28.9 Å². The van der Waals surface area contributed by atoms with Gasteiger partial charge in [0.05, 0.1) is 34.4 Å². The summed E-state index contributed by atoms with van der Waals surface area (Å²) in [7, 11) is 0. The largest absolute Gasteiger partial charge is 0.325 e. The van der Waals surface area contributed by atoms with Gasteiger partial charge in [-0.2, -0.15) is 5.26 Å². The van der Waals surface area contributed by atoms with Gasteiger partial charge in [-0.3, -0.25) is 9.69 Å². The zero-order valence-electron chi connectivity index (χ0n) is 14.2. The van der Waals surface area contributed by atoms with Crippen LogP contribution in [0.2, 0.25) is 0 Å². The van der Waals surface area contributed by atoms with Gasteiger partial charge in [-0.1, -0.05) is 12.1 Å². The number of carbonyl (C=O) groups is 1. The lowest BCUT2D eigenvalue weighted by Crippen LogP contribution is -2.32. The molecule has 4 rings (SSSR count). The summed E-state index contributed by atoms with van der Waals surface area (Å²) in [5, 5.41) is 12.8. The second-order valence-electron chi connectivity index (χ2n) is 6.39. The summed E-state index contributed by atoms with van der Waals surface area (Å²) in [6.07, 6.45) is 2.11. The van der Waals surface area contributed by atoms with Gasteiger partial charge in [-0.15, -0.1) is 11.3 Å². The van der Waals surface area contributed by atoms with E-state index in [-0.39, 0.29) is 11.9 Å². The summed E-state index contributed by atoms with van der Waals surface area (Å²) in [5.41, 5.74) is 2.32. The second-order valence-corrected chi connectivity index (χ2v) is 7.45. The SMILES string of the molecule is N#Cc1ccc(NC(=O)CN2CCCC2c2nc3ccccc3s2)cc1. The molecule has 2 heterocycles. The van der Waals surface area contributed by atoms with Crippen molar-refractivity contribution in [2.75, 3.05) is 18.4 Å². The number of para-hydroxylation sites is 1. The Balaban J connectivity index is 1.44. The van der Waals surface area contributed by atoms with E-state index in [9.17, 15) is 4.79 Å². The molecule has 1 N–H and O–H groups in total. The fourth-order valence-corrected chi connectivity index (χ4v) is 4.48. The van der Waals surface area contributed by atoms with Crippen molar-refractivity contribution in [1.29, 1.82) is 5.26 Å². The molecule has 0 aliphatic carbocycles. The zero-order chi connectivity index (χ0) is 17.9. The lowest BCUT2D eigenvalue weighted by Gasteiger charge is -2.22. The molecule has 1 aliphatic heterocycles. The van der Waals surface area contributed by atoms with Crippen molar-refractivity contribution in [3.63, 3.8) is 0 Å². The van der Waals surface area contributed by atoms with Gasteiger partial charge < -0.3 is 5.32 Å². The van der Waals surface area contributed by atoms with Crippen LogP contribution in [0.25, 0.3) is 10.2 Å². The average Bonchev–Trinajstić information content (AvgIpc) is 3.28. The standard InChI is InChI=1S/C20H18N4OS/c21-12-14-7-9-15(10-8-14)22-19(25)13-24-11-3-5-17(24)20-23-16-4-1-2-6-18(16)26-20/h1-2,4,6-10,17H,3,5,11,13H2,(H,22,25). The second kappa shape index (κ2) is 7.24. The summed E-state index contributed by atoms with van der Waals surface area (Å²) in [6.45, 7) is 1.25.